The number of benzene rings is 1. The van der Waals surface area contributed by atoms with Crippen LogP contribution in [0.3, 0.4) is 0 Å². The van der Waals surface area contributed by atoms with Gasteiger partial charge in [-0.25, -0.2) is 9.89 Å². The second-order valence-corrected chi connectivity index (χ2v) is 5.28. The summed E-state index contributed by atoms with van der Waals surface area (Å²) in [5.74, 6) is -0.526. The predicted molar refractivity (Wildman–Crippen MR) is 83.9 cm³/mol. The second-order valence-electron chi connectivity index (χ2n) is 5.28. The number of carbonyl (C=O) groups excluding carboxylic acids is 1. The summed E-state index contributed by atoms with van der Waals surface area (Å²) in [5.41, 5.74) is 0.752. The van der Waals surface area contributed by atoms with E-state index in [0.717, 1.165) is 0 Å². The molecule has 0 aliphatic carbocycles. The molecule has 0 aromatic heterocycles. The molecule has 1 aromatic rings. The van der Waals surface area contributed by atoms with E-state index in [1.165, 1.54) is 36.2 Å². The average Bonchev–Trinajstić information content (AvgIpc) is 2.95. The molecule has 0 spiro atoms. The van der Waals surface area contributed by atoms with Crippen LogP contribution in [0.25, 0.3) is 11.3 Å². The molecule has 3 rings (SSSR count). The van der Waals surface area contributed by atoms with E-state index in [2.05, 4.69) is 10.2 Å². The second kappa shape index (κ2) is 6.17. The summed E-state index contributed by atoms with van der Waals surface area (Å²) in [6, 6.07) is 6.13. The summed E-state index contributed by atoms with van der Waals surface area (Å²) in [6.07, 6.45) is 2.09. The number of aromatic nitrogens is 3. The Balaban J connectivity index is 1.98. The highest BCUT2D eigenvalue weighted by molar-refractivity contribution is 5.95. The lowest BCUT2D eigenvalue weighted by molar-refractivity contribution is 0.0599. The molecule has 0 bridgehead atoms. The fourth-order valence-corrected chi connectivity index (χ4v) is 2.46. The zero-order valence-corrected chi connectivity index (χ0v) is 12.8. The predicted octanol–water partition coefficient (Wildman–Crippen LogP) is 0.902. The molecule has 0 saturated carbocycles. The highest BCUT2D eigenvalue weighted by Crippen LogP contribution is 2.23. The number of aliphatic hydroxyl groups excluding tert-OH is 1. The van der Waals surface area contributed by atoms with Crippen molar-refractivity contribution in [1.82, 2.24) is 14.8 Å². The van der Waals surface area contributed by atoms with E-state index in [-0.39, 0.29) is 29.1 Å². The molecule has 8 nitrogen and oxygen atoms in total. The number of hydrogen-bond acceptors (Lipinski definition) is 6. The first kappa shape index (κ1) is 15.8. The molecule has 0 radical (unpaired) electrons. The van der Waals surface area contributed by atoms with Gasteiger partial charge >= 0.3 is 5.97 Å². The van der Waals surface area contributed by atoms with Crippen molar-refractivity contribution in [2.24, 2.45) is 0 Å². The number of methoxy groups -OCH3 is 1. The van der Waals surface area contributed by atoms with Gasteiger partial charge in [0.15, 0.2) is 0 Å². The minimum atomic E-state index is -0.888. The van der Waals surface area contributed by atoms with Crippen LogP contribution in [0.2, 0.25) is 0 Å². The van der Waals surface area contributed by atoms with Crippen LogP contribution in [-0.4, -0.2) is 38.1 Å². The normalized spacial score (nSPS) is 12.2. The minimum absolute atomic E-state index is 0.0994. The number of hydrogen-bond donors (Lipinski definition) is 3. The molecule has 2 heterocycles. The number of pyridine rings is 1. The van der Waals surface area contributed by atoms with Crippen LogP contribution in [0.1, 0.15) is 22.0 Å². The number of nitrogens with zero attached hydrogens (tertiary/aromatic N) is 2. The van der Waals surface area contributed by atoms with Crippen LogP contribution in [0.15, 0.2) is 41.5 Å². The van der Waals surface area contributed by atoms with Gasteiger partial charge in [0.05, 0.1) is 25.3 Å². The van der Waals surface area contributed by atoms with E-state index in [0.29, 0.717) is 5.56 Å². The summed E-state index contributed by atoms with van der Waals surface area (Å²) in [7, 11) is 1.24. The number of H-pyrrole nitrogens is 1. The molecular formula is C16H15N3O5. The molecule has 0 unspecified atom stereocenters. The zero-order valence-electron chi connectivity index (χ0n) is 12.8. The standard InChI is InChI=1S/C16H15N3O5/c1-24-16(23)12-7-19(6-11-14(12)17-18-15(11)22)8-13(21)9-2-4-10(20)5-3-9/h2-7,13,20-21H,8H2,1H3,(H,18,22)/t13-/m0/s1. The van der Waals surface area contributed by atoms with Gasteiger partial charge in [-0.1, -0.05) is 12.1 Å². The minimum Gasteiger partial charge on any atom is -0.508 e. The Bertz CT molecular complexity index is 897. The number of aromatic amines is 1. The van der Waals surface area contributed by atoms with Crippen LogP contribution in [0.5, 0.6) is 5.75 Å². The Hall–Kier alpha value is -3.13. The van der Waals surface area contributed by atoms with Gasteiger partial charge in [0, 0.05) is 12.4 Å². The van der Waals surface area contributed by atoms with Crippen molar-refractivity contribution in [3.05, 3.63) is 58.1 Å². The first-order valence-electron chi connectivity index (χ1n) is 7.13. The maximum atomic E-state index is 11.9. The van der Waals surface area contributed by atoms with Crippen LogP contribution in [-0.2, 0) is 11.3 Å². The Labute approximate surface area is 136 Å². The van der Waals surface area contributed by atoms with Gasteiger partial charge in [0.1, 0.15) is 17.0 Å². The van der Waals surface area contributed by atoms with Crippen molar-refractivity contribution in [3.63, 3.8) is 0 Å². The van der Waals surface area contributed by atoms with Crippen molar-refractivity contribution in [1.29, 1.82) is 0 Å². The molecule has 24 heavy (non-hydrogen) atoms. The van der Waals surface area contributed by atoms with E-state index in [9.17, 15) is 19.8 Å². The van der Waals surface area contributed by atoms with Crippen molar-refractivity contribution < 1.29 is 19.7 Å². The highest BCUT2D eigenvalue weighted by Gasteiger charge is 2.22. The maximum absolute atomic E-state index is 11.9. The molecule has 0 amide bonds. The third-order valence-corrected chi connectivity index (χ3v) is 3.68. The Morgan fingerprint density at radius 3 is 2.71 bits per heavy atom. The van der Waals surface area contributed by atoms with Crippen LogP contribution in [0.4, 0.5) is 0 Å². The number of rotatable bonds is 4. The summed E-state index contributed by atoms with van der Waals surface area (Å²) in [4.78, 5) is 23.7. The smallest absolute Gasteiger partial charge is 0.341 e. The Morgan fingerprint density at radius 1 is 1.33 bits per heavy atom. The number of nitrogens with one attached hydrogen (secondary N) is 1. The molecule has 1 atom stereocenters. The quantitative estimate of drug-likeness (QED) is 0.612. The number of phenolic OH excluding ortho intramolecular Hbond substituents is 1. The SMILES string of the molecule is COC(=O)c1cn(C[C@H](O)c2ccc(O)cc2)cc2c(=O)[nH]nc1-2. The van der Waals surface area contributed by atoms with Gasteiger partial charge in [-0.2, -0.15) is 5.10 Å². The van der Waals surface area contributed by atoms with Gasteiger partial charge in [0.2, 0.25) is 0 Å². The number of esters is 1. The lowest BCUT2D eigenvalue weighted by Crippen LogP contribution is -2.15. The molecule has 2 aliphatic heterocycles. The summed E-state index contributed by atoms with van der Waals surface area (Å²) >= 11 is 0. The van der Waals surface area contributed by atoms with Crippen molar-refractivity contribution in [3.8, 4) is 17.0 Å². The van der Waals surface area contributed by atoms with Crippen molar-refractivity contribution >= 4 is 5.97 Å². The van der Waals surface area contributed by atoms with Crippen LogP contribution >= 0.6 is 0 Å². The monoisotopic (exact) mass is 329 g/mol. The van der Waals surface area contributed by atoms with Gasteiger partial charge in [-0.3, -0.25) is 4.79 Å². The number of phenols is 1. The lowest BCUT2D eigenvalue weighted by Gasteiger charge is -2.16. The number of aliphatic hydroxyl groups is 1. The molecule has 3 N–H and O–H groups in total. The van der Waals surface area contributed by atoms with E-state index in [1.807, 2.05) is 0 Å². The van der Waals surface area contributed by atoms with Crippen LogP contribution in [0, 0.1) is 0 Å². The van der Waals surface area contributed by atoms with Gasteiger partial charge < -0.3 is 19.5 Å². The molecular weight excluding hydrogens is 314 g/mol. The first-order chi connectivity index (χ1) is 11.5. The summed E-state index contributed by atoms with van der Waals surface area (Å²) < 4.78 is 6.24. The van der Waals surface area contributed by atoms with E-state index in [4.69, 9.17) is 4.74 Å². The summed E-state index contributed by atoms with van der Waals surface area (Å²) in [5, 5.41) is 25.7. The topological polar surface area (TPSA) is 117 Å². The molecule has 0 fully saturated rings. The molecule has 2 aliphatic rings. The Kier molecular flexibility index (Phi) is 4.05. The Morgan fingerprint density at radius 2 is 2.04 bits per heavy atom. The molecule has 8 heteroatoms. The largest absolute Gasteiger partial charge is 0.508 e. The number of aromatic hydroxyl groups is 1. The third kappa shape index (κ3) is 2.86. The third-order valence-electron chi connectivity index (χ3n) is 3.68. The van der Waals surface area contributed by atoms with E-state index >= 15 is 0 Å². The molecule has 124 valence electrons. The van der Waals surface area contributed by atoms with Gasteiger partial charge in [-0.15, -0.1) is 0 Å². The summed E-state index contributed by atoms with van der Waals surface area (Å²) in [6.45, 7) is 0.106. The van der Waals surface area contributed by atoms with E-state index in [1.54, 1.807) is 12.1 Å². The van der Waals surface area contributed by atoms with Crippen molar-refractivity contribution in [2.75, 3.05) is 7.11 Å². The number of ether oxygens (including phenoxy) is 1. The number of fused-ring (bicyclic) bond motifs is 1. The van der Waals surface area contributed by atoms with Crippen molar-refractivity contribution in [2.45, 2.75) is 12.6 Å². The molecule has 0 saturated heterocycles. The van der Waals surface area contributed by atoms with Crippen LogP contribution < -0.4 is 5.56 Å². The molecule has 1 aromatic carbocycles. The van der Waals surface area contributed by atoms with Gasteiger partial charge in [-0.05, 0) is 17.7 Å². The maximum Gasteiger partial charge on any atom is 0.341 e. The zero-order chi connectivity index (χ0) is 17.3. The fourth-order valence-electron chi connectivity index (χ4n) is 2.46. The fraction of sp³-hybridized carbons (Fsp3) is 0.188. The first-order valence-corrected chi connectivity index (χ1v) is 7.13. The number of carbonyl (C=O) groups is 1. The average molecular weight is 329 g/mol. The van der Waals surface area contributed by atoms with Gasteiger partial charge in [0.25, 0.3) is 5.56 Å². The highest BCUT2D eigenvalue weighted by atomic mass is 16.5. The lowest BCUT2D eigenvalue weighted by atomic mass is 10.1. The van der Waals surface area contributed by atoms with E-state index < -0.39 is 17.6 Å².